The Bertz CT molecular complexity index is 526. The third-order valence-electron chi connectivity index (χ3n) is 3.38. The smallest absolute Gasteiger partial charge is 0.251 e. The van der Waals surface area contributed by atoms with Gasteiger partial charge in [0.2, 0.25) is 0 Å². The SMILES string of the molecule is CN(CCNC(=O)c1cccc(C#CCN)c1)C1CC1. The molecule has 1 aromatic carbocycles. The number of rotatable bonds is 5. The maximum absolute atomic E-state index is 12.0. The highest BCUT2D eigenvalue weighted by molar-refractivity contribution is 5.94. The van der Waals surface area contributed by atoms with Crippen LogP contribution in [0.25, 0.3) is 0 Å². The van der Waals surface area contributed by atoms with Crippen LogP contribution >= 0.6 is 0 Å². The molecule has 0 atom stereocenters. The molecule has 1 aliphatic carbocycles. The summed E-state index contributed by atoms with van der Waals surface area (Å²) in [5.41, 5.74) is 6.80. The quantitative estimate of drug-likeness (QED) is 0.780. The molecule has 2 rings (SSSR count). The van der Waals surface area contributed by atoms with E-state index in [9.17, 15) is 4.79 Å². The van der Waals surface area contributed by atoms with Gasteiger partial charge < -0.3 is 16.0 Å². The normalized spacial score (nSPS) is 13.8. The van der Waals surface area contributed by atoms with E-state index in [1.54, 1.807) is 12.1 Å². The number of likely N-dealkylation sites (N-methyl/N-ethyl adjacent to an activating group) is 1. The maximum atomic E-state index is 12.0. The third kappa shape index (κ3) is 4.37. The van der Waals surface area contributed by atoms with Crippen molar-refractivity contribution in [3.8, 4) is 11.8 Å². The summed E-state index contributed by atoms with van der Waals surface area (Å²) in [7, 11) is 2.10. The van der Waals surface area contributed by atoms with Crippen molar-refractivity contribution in [2.24, 2.45) is 5.73 Å². The molecule has 1 amide bonds. The Hall–Kier alpha value is -1.83. The number of carbonyl (C=O) groups is 1. The number of nitrogens with two attached hydrogens (primary N) is 1. The molecule has 20 heavy (non-hydrogen) atoms. The van der Waals surface area contributed by atoms with Gasteiger partial charge in [0.15, 0.2) is 0 Å². The number of carbonyl (C=O) groups excluding carboxylic acids is 1. The average molecular weight is 271 g/mol. The van der Waals surface area contributed by atoms with Crippen molar-refractivity contribution >= 4 is 5.91 Å². The van der Waals surface area contributed by atoms with Crippen LogP contribution in [0, 0.1) is 11.8 Å². The number of benzene rings is 1. The van der Waals surface area contributed by atoms with Crippen molar-refractivity contribution in [3.63, 3.8) is 0 Å². The second-order valence-electron chi connectivity index (χ2n) is 5.05. The number of nitrogens with one attached hydrogen (secondary N) is 1. The molecule has 0 aliphatic heterocycles. The molecule has 0 unspecified atom stereocenters. The van der Waals surface area contributed by atoms with E-state index in [1.165, 1.54) is 12.8 Å². The van der Waals surface area contributed by atoms with Crippen molar-refractivity contribution in [2.45, 2.75) is 18.9 Å². The monoisotopic (exact) mass is 271 g/mol. The predicted molar refractivity (Wildman–Crippen MR) is 80.4 cm³/mol. The van der Waals surface area contributed by atoms with Gasteiger partial charge in [0.25, 0.3) is 5.91 Å². The van der Waals surface area contributed by atoms with Crippen molar-refractivity contribution in [1.29, 1.82) is 0 Å². The minimum atomic E-state index is -0.0504. The number of hydrogen-bond acceptors (Lipinski definition) is 3. The van der Waals surface area contributed by atoms with Crippen LogP contribution in [-0.2, 0) is 0 Å². The Morgan fingerprint density at radius 1 is 1.50 bits per heavy atom. The van der Waals surface area contributed by atoms with E-state index in [0.717, 1.165) is 18.2 Å². The predicted octanol–water partition coefficient (Wildman–Crippen LogP) is 0.821. The van der Waals surface area contributed by atoms with Crippen molar-refractivity contribution < 1.29 is 4.79 Å². The summed E-state index contributed by atoms with van der Waals surface area (Å²) in [5, 5.41) is 2.94. The first-order chi connectivity index (χ1) is 9.70. The highest BCUT2D eigenvalue weighted by Crippen LogP contribution is 2.24. The van der Waals surface area contributed by atoms with Gasteiger partial charge in [-0.3, -0.25) is 4.79 Å². The Morgan fingerprint density at radius 3 is 3.00 bits per heavy atom. The van der Waals surface area contributed by atoms with Gasteiger partial charge >= 0.3 is 0 Å². The van der Waals surface area contributed by atoms with Crippen LogP contribution in [0.3, 0.4) is 0 Å². The lowest BCUT2D eigenvalue weighted by Gasteiger charge is -2.15. The molecule has 0 saturated heterocycles. The van der Waals surface area contributed by atoms with Gasteiger partial charge in [0.1, 0.15) is 0 Å². The molecule has 0 bridgehead atoms. The fourth-order valence-electron chi connectivity index (χ4n) is 2.04. The highest BCUT2D eigenvalue weighted by atomic mass is 16.1. The molecule has 1 aromatic rings. The first-order valence-corrected chi connectivity index (χ1v) is 6.98. The molecule has 0 radical (unpaired) electrons. The lowest BCUT2D eigenvalue weighted by atomic mass is 10.1. The van der Waals surface area contributed by atoms with E-state index in [2.05, 4.69) is 29.1 Å². The van der Waals surface area contributed by atoms with Crippen molar-refractivity contribution in [1.82, 2.24) is 10.2 Å². The minimum absolute atomic E-state index is 0.0504. The minimum Gasteiger partial charge on any atom is -0.351 e. The van der Waals surface area contributed by atoms with Gasteiger partial charge in [0, 0.05) is 30.3 Å². The number of nitrogens with zero attached hydrogens (tertiary/aromatic N) is 1. The first kappa shape index (κ1) is 14.6. The van der Waals surface area contributed by atoms with E-state index < -0.39 is 0 Å². The molecule has 106 valence electrons. The lowest BCUT2D eigenvalue weighted by Crippen LogP contribution is -2.33. The van der Waals surface area contributed by atoms with E-state index in [1.807, 2.05) is 12.1 Å². The number of hydrogen-bond donors (Lipinski definition) is 2. The zero-order valence-electron chi connectivity index (χ0n) is 11.9. The molecular weight excluding hydrogens is 250 g/mol. The van der Waals surface area contributed by atoms with Gasteiger partial charge in [-0.25, -0.2) is 0 Å². The molecule has 0 heterocycles. The maximum Gasteiger partial charge on any atom is 0.251 e. The van der Waals surface area contributed by atoms with Gasteiger partial charge in [-0.05, 0) is 38.1 Å². The van der Waals surface area contributed by atoms with Crippen LogP contribution in [-0.4, -0.2) is 43.5 Å². The molecule has 4 nitrogen and oxygen atoms in total. The average Bonchev–Trinajstić information content (AvgIpc) is 3.29. The Labute approximate surface area is 120 Å². The fraction of sp³-hybridized carbons (Fsp3) is 0.438. The number of amides is 1. The molecular formula is C16H21N3O. The Morgan fingerprint density at radius 2 is 2.30 bits per heavy atom. The summed E-state index contributed by atoms with van der Waals surface area (Å²) >= 11 is 0. The highest BCUT2D eigenvalue weighted by Gasteiger charge is 2.25. The first-order valence-electron chi connectivity index (χ1n) is 6.98. The summed E-state index contributed by atoms with van der Waals surface area (Å²) in [5.74, 6) is 5.67. The van der Waals surface area contributed by atoms with E-state index >= 15 is 0 Å². The molecule has 1 saturated carbocycles. The molecule has 3 N–H and O–H groups in total. The van der Waals surface area contributed by atoms with Crippen LogP contribution in [0.1, 0.15) is 28.8 Å². The van der Waals surface area contributed by atoms with Crippen LogP contribution in [0.2, 0.25) is 0 Å². The van der Waals surface area contributed by atoms with E-state index in [-0.39, 0.29) is 5.91 Å². The van der Waals surface area contributed by atoms with E-state index in [0.29, 0.717) is 18.7 Å². The van der Waals surface area contributed by atoms with Crippen LogP contribution in [0.5, 0.6) is 0 Å². The summed E-state index contributed by atoms with van der Waals surface area (Å²) in [6.07, 6.45) is 2.57. The van der Waals surface area contributed by atoms with Crippen LogP contribution < -0.4 is 11.1 Å². The molecule has 1 aliphatic rings. The van der Waals surface area contributed by atoms with Gasteiger partial charge in [-0.2, -0.15) is 0 Å². The van der Waals surface area contributed by atoms with Crippen LogP contribution in [0.15, 0.2) is 24.3 Å². The molecule has 1 fully saturated rings. The second kappa shape index (κ2) is 7.09. The topological polar surface area (TPSA) is 58.4 Å². The lowest BCUT2D eigenvalue weighted by molar-refractivity contribution is 0.0949. The fourth-order valence-corrected chi connectivity index (χ4v) is 2.04. The molecule has 0 aromatic heterocycles. The largest absolute Gasteiger partial charge is 0.351 e. The van der Waals surface area contributed by atoms with Gasteiger partial charge in [-0.15, -0.1) is 0 Å². The van der Waals surface area contributed by atoms with Crippen LogP contribution in [0.4, 0.5) is 0 Å². The summed E-state index contributed by atoms with van der Waals surface area (Å²) < 4.78 is 0. The Kier molecular flexibility index (Phi) is 5.16. The van der Waals surface area contributed by atoms with Crippen molar-refractivity contribution in [2.75, 3.05) is 26.7 Å². The molecule has 0 spiro atoms. The van der Waals surface area contributed by atoms with Crippen molar-refractivity contribution in [3.05, 3.63) is 35.4 Å². The van der Waals surface area contributed by atoms with Gasteiger partial charge in [0.05, 0.1) is 6.54 Å². The third-order valence-corrected chi connectivity index (χ3v) is 3.38. The second-order valence-corrected chi connectivity index (χ2v) is 5.05. The van der Waals surface area contributed by atoms with E-state index in [4.69, 9.17) is 5.73 Å². The summed E-state index contributed by atoms with van der Waals surface area (Å²) in [6, 6.07) is 8.03. The summed E-state index contributed by atoms with van der Waals surface area (Å²) in [4.78, 5) is 14.3. The zero-order chi connectivity index (χ0) is 14.4. The zero-order valence-corrected chi connectivity index (χ0v) is 11.9. The standard InChI is InChI=1S/C16H21N3O/c1-19(15-7-8-15)11-10-18-16(20)14-6-2-4-13(12-14)5-3-9-17/h2,4,6,12,15H,7-11,17H2,1H3,(H,18,20). The Balaban J connectivity index is 1.84. The molecule has 4 heteroatoms. The van der Waals surface area contributed by atoms with Gasteiger partial charge in [-0.1, -0.05) is 17.9 Å². The summed E-state index contributed by atoms with van der Waals surface area (Å²) in [6.45, 7) is 1.89.